The first-order valence-corrected chi connectivity index (χ1v) is 13.0. The predicted octanol–water partition coefficient (Wildman–Crippen LogP) is 4.63. The number of allylic oxidation sites excluding steroid dienone is 2. The quantitative estimate of drug-likeness (QED) is 0.369. The Morgan fingerprint density at radius 3 is 2.54 bits per heavy atom. The molecule has 0 radical (unpaired) electrons. The Hall–Kier alpha value is -3.33. The molecular formula is C28H41N7O2. The van der Waals surface area contributed by atoms with Crippen LogP contribution < -0.4 is 21.5 Å². The molecule has 1 saturated heterocycles. The molecule has 0 spiro atoms. The van der Waals surface area contributed by atoms with Crippen molar-refractivity contribution in [1.29, 1.82) is 0 Å². The second kappa shape index (κ2) is 10.2. The molecule has 2 aromatic rings. The van der Waals surface area contributed by atoms with Crippen LogP contribution in [0.5, 0.6) is 5.75 Å². The van der Waals surface area contributed by atoms with Gasteiger partial charge < -0.3 is 31.0 Å². The summed E-state index contributed by atoms with van der Waals surface area (Å²) in [5, 5.41) is 7.01. The van der Waals surface area contributed by atoms with Crippen LogP contribution in [0.15, 0.2) is 41.5 Å². The number of benzene rings is 1. The van der Waals surface area contributed by atoms with Crippen LogP contribution in [-0.4, -0.2) is 45.7 Å². The van der Waals surface area contributed by atoms with Crippen LogP contribution in [0.25, 0.3) is 17.0 Å². The topological polar surface area (TPSA) is 124 Å². The van der Waals surface area contributed by atoms with E-state index in [1.165, 1.54) is 0 Å². The highest BCUT2D eigenvalue weighted by molar-refractivity contribution is 5.82. The van der Waals surface area contributed by atoms with Crippen molar-refractivity contribution in [3.05, 3.63) is 52.6 Å². The first-order valence-electron chi connectivity index (χ1n) is 13.0. The van der Waals surface area contributed by atoms with Crippen LogP contribution in [0, 0.1) is 4.91 Å². The number of nitrogens with zero attached hydrogens (tertiary/aromatic N) is 4. The zero-order valence-electron chi connectivity index (χ0n) is 23.0. The molecule has 1 aromatic carbocycles. The molecular weight excluding hydrogens is 466 g/mol. The van der Waals surface area contributed by atoms with Crippen molar-refractivity contribution in [2.45, 2.75) is 83.5 Å². The van der Waals surface area contributed by atoms with E-state index in [9.17, 15) is 4.91 Å². The highest BCUT2D eigenvalue weighted by Gasteiger charge is 2.39. The van der Waals surface area contributed by atoms with Crippen molar-refractivity contribution in [2.75, 3.05) is 14.2 Å². The molecule has 200 valence electrons. The third-order valence-electron chi connectivity index (χ3n) is 7.51. The minimum Gasteiger partial charge on any atom is -0.496 e. The number of ether oxygens (including phenoxy) is 1. The maximum absolute atomic E-state index is 11.9. The summed E-state index contributed by atoms with van der Waals surface area (Å²) in [6.45, 7) is 9.78. The van der Waals surface area contributed by atoms with E-state index >= 15 is 0 Å². The molecule has 37 heavy (non-hydrogen) atoms. The van der Waals surface area contributed by atoms with Gasteiger partial charge in [-0.2, -0.15) is 0 Å². The van der Waals surface area contributed by atoms with E-state index in [1.807, 2.05) is 19.3 Å². The Morgan fingerprint density at radius 1 is 1.19 bits per heavy atom. The fourth-order valence-corrected chi connectivity index (χ4v) is 6.05. The largest absolute Gasteiger partial charge is 0.496 e. The molecule has 2 aliphatic rings. The third kappa shape index (κ3) is 5.66. The Kier molecular flexibility index (Phi) is 7.37. The van der Waals surface area contributed by atoms with Crippen molar-refractivity contribution < 1.29 is 4.74 Å². The second-order valence-electron chi connectivity index (χ2n) is 11.6. The number of rotatable bonds is 7. The van der Waals surface area contributed by atoms with E-state index < -0.39 is 0 Å². The minimum atomic E-state index is 0.00419. The maximum Gasteiger partial charge on any atom is 0.131 e. The SMILES string of the molecule is COc1cc(-c2cnc3n2CCCC3)cc(N=O)c1/C(N)=C/C=C(\N)N(C)C1CC(C)(C)NC(C)(C)C1. The second-order valence-corrected chi connectivity index (χ2v) is 11.6. The van der Waals surface area contributed by atoms with Gasteiger partial charge in [0.05, 0.1) is 30.4 Å². The summed E-state index contributed by atoms with van der Waals surface area (Å²) in [5.74, 6) is 2.15. The normalized spacial score (nSPS) is 19.8. The van der Waals surface area contributed by atoms with Crippen LogP contribution in [0.2, 0.25) is 0 Å². The van der Waals surface area contributed by atoms with Gasteiger partial charge in [0.1, 0.15) is 17.3 Å². The van der Waals surface area contributed by atoms with Gasteiger partial charge in [0.25, 0.3) is 0 Å². The van der Waals surface area contributed by atoms with Gasteiger partial charge in [-0.05, 0) is 82.8 Å². The number of piperidine rings is 1. The summed E-state index contributed by atoms with van der Waals surface area (Å²) in [6, 6.07) is 3.92. The number of imidazole rings is 1. The summed E-state index contributed by atoms with van der Waals surface area (Å²) >= 11 is 0. The molecule has 9 nitrogen and oxygen atoms in total. The summed E-state index contributed by atoms with van der Waals surface area (Å²) in [4.78, 5) is 18.6. The average molecular weight is 508 g/mol. The van der Waals surface area contributed by atoms with Gasteiger partial charge in [-0.1, -0.05) is 0 Å². The zero-order valence-corrected chi connectivity index (χ0v) is 23.0. The standard InChI is InChI=1S/C28H41N7O2/c1-27(2)15-19(16-28(3,4)33-27)34(5)24(30)11-10-20(29)26-21(32-36)13-18(14-23(26)37-6)22-17-31-25-9-7-8-12-35(22)25/h10-11,13-14,17,19,33H,7-9,12,15-16,29-30H2,1-6H3/b20-10-,24-11+. The number of hydrogen-bond donors (Lipinski definition) is 3. The summed E-state index contributed by atoms with van der Waals surface area (Å²) in [7, 11) is 3.58. The Morgan fingerprint density at radius 2 is 1.89 bits per heavy atom. The van der Waals surface area contributed by atoms with Gasteiger partial charge in [-0.25, -0.2) is 4.98 Å². The van der Waals surface area contributed by atoms with E-state index in [4.69, 9.17) is 16.2 Å². The van der Waals surface area contributed by atoms with Crippen molar-refractivity contribution in [1.82, 2.24) is 19.8 Å². The monoisotopic (exact) mass is 507 g/mol. The van der Waals surface area contributed by atoms with Crippen molar-refractivity contribution in [3.63, 3.8) is 0 Å². The van der Waals surface area contributed by atoms with Crippen molar-refractivity contribution in [3.8, 4) is 17.0 Å². The highest BCUT2D eigenvalue weighted by atomic mass is 16.5. The maximum atomic E-state index is 11.9. The number of aromatic nitrogens is 2. The van der Waals surface area contributed by atoms with E-state index in [2.05, 4.69) is 52.6 Å². The smallest absolute Gasteiger partial charge is 0.131 e. The summed E-state index contributed by atoms with van der Waals surface area (Å²) in [5.41, 5.74) is 15.8. The molecule has 2 aliphatic heterocycles. The Labute approximate surface area is 219 Å². The van der Waals surface area contributed by atoms with E-state index in [0.717, 1.165) is 55.7 Å². The Balaban J connectivity index is 1.63. The lowest BCUT2D eigenvalue weighted by Gasteiger charge is -2.49. The van der Waals surface area contributed by atoms with Gasteiger partial charge in [-0.15, -0.1) is 4.91 Å². The fourth-order valence-electron chi connectivity index (χ4n) is 6.05. The van der Waals surface area contributed by atoms with Crippen molar-refractivity contribution in [2.24, 2.45) is 16.6 Å². The third-order valence-corrected chi connectivity index (χ3v) is 7.51. The van der Waals surface area contributed by atoms with Crippen LogP contribution in [0.4, 0.5) is 5.69 Å². The van der Waals surface area contributed by atoms with Crippen LogP contribution >= 0.6 is 0 Å². The Bertz CT molecular complexity index is 1210. The predicted molar refractivity (Wildman–Crippen MR) is 149 cm³/mol. The van der Waals surface area contributed by atoms with E-state index in [0.29, 0.717) is 22.8 Å². The molecule has 1 fully saturated rings. The molecule has 0 bridgehead atoms. The lowest BCUT2D eigenvalue weighted by molar-refractivity contribution is 0.0981. The van der Waals surface area contributed by atoms with Crippen molar-refractivity contribution >= 4 is 11.4 Å². The van der Waals surface area contributed by atoms with E-state index in [-0.39, 0.29) is 22.8 Å². The number of nitrogens with two attached hydrogens (primary N) is 2. The molecule has 0 unspecified atom stereocenters. The number of aryl methyl sites for hydroxylation is 1. The van der Waals surface area contributed by atoms with Crippen LogP contribution in [-0.2, 0) is 13.0 Å². The fraction of sp³-hybridized carbons (Fsp3) is 0.536. The number of nitroso groups, excluding NO2 is 1. The average Bonchev–Trinajstić information content (AvgIpc) is 3.28. The number of nitrogens with one attached hydrogen (secondary N) is 1. The van der Waals surface area contributed by atoms with E-state index in [1.54, 1.807) is 25.3 Å². The molecule has 0 aliphatic carbocycles. The number of fused-ring (bicyclic) bond motifs is 1. The van der Waals surface area contributed by atoms with Gasteiger partial charge in [0.2, 0.25) is 0 Å². The molecule has 0 saturated carbocycles. The minimum absolute atomic E-state index is 0.00419. The zero-order chi connectivity index (χ0) is 27.0. The molecule has 9 heteroatoms. The van der Waals surface area contributed by atoms with Gasteiger partial charge >= 0.3 is 0 Å². The summed E-state index contributed by atoms with van der Waals surface area (Å²) < 4.78 is 7.87. The van der Waals surface area contributed by atoms with Gasteiger partial charge in [0, 0.05) is 48.4 Å². The summed E-state index contributed by atoms with van der Waals surface area (Å²) in [6.07, 6.45) is 10.5. The first-order chi connectivity index (χ1) is 17.4. The first kappa shape index (κ1) is 26.7. The highest BCUT2D eigenvalue weighted by Crippen LogP contribution is 2.39. The van der Waals surface area contributed by atoms with Gasteiger partial charge in [-0.3, -0.25) is 0 Å². The lowest BCUT2D eigenvalue weighted by atomic mass is 9.79. The number of methoxy groups -OCH3 is 1. The van der Waals surface area contributed by atoms with Crippen LogP contribution in [0.1, 0.15) is 64.8 Å². The molecule has 0 amide bonds. The molecule has 5 N–H and O–H groups in total. The number of hydrogen-bond acceptors (Lipinski definition) is 8. The lowest BCUT2D eigenvalue weighted by Crippen LogP contribution is -2.61. The molecule has 4 rings (SSSR count). The molecule has 1 aromatic heterocycles. The molecule has 0 atom stereocenters. The van der Waals surface area contributed by atoms with Crippen LogP contribution in [0.3, 0.4) is 0 Å². The molecule has 3 heterocycles. The van der Waals surface area contributed by atoms with Gasteiger partial charge in [0.15, 0.2) is 0 Å².